The zero-order valence-electron chi connectivity index (χ0n) is 5.54. The highest BCUT2D eigenvalue weighted by Gasteiger charge is 2.03. The summed E-state index contributed by atoms with van der Waals surface area (Å²) in [6, 6.07) is 5.48. The summed E-state index contributed by atoms with van der Waals surface area (Å²) in [4.78, 5) is 0. The number of aromatic hydroxyl groups is 1. The largest absolute Gasteiger partial charge is 0.508 e. The van der Waals surface area contributed by atoms with Gasteiger partial charge in [0.15, 0.2) is 0 Å². The van der Waals surface area contributed by atoms with Crippen LogP contribution in [-0.2, 0) is 6.42 Å². The molecule has 0 saturated heterocycles. The molecule has 1 nitrogen and oxygen atoms in total. The number of hydrogen-bond donors (Lipinski definition) is 1. The molecule has 1 aromatic carbocycles. The molecule has 0 aliphatic heterocycles. The lowest BCUT2D eigenvalue weighted by Gasteiger charge is -1.96. The molecule has 0 spiro atoms. The molecule has 0 radical (unpaired) electrons. The van der Waals surface area contributed by atoms with E-state index >= 15 is 0 Å². The fourth-order valence-corrected chi connectivity index (χ4v) is 1.24. The van der Waals surface area contributed by atoms with Gasteiger partial charge in [-0.1, -0.05) is 18.2 Å². The smallest absolute Gasteiger partial charge is 0.116 e. The molecule has 50 valence electrons. The topological polar surface area (TPSA) is 20.2 Å². The lowest BCUT2D eigenvalue weighted by Crippen LogP contribution is -1.78. The molecule has 1 aromatic rings. The monoisotopic (exact) mass is 132 g/mol. The molecule has 1 heteroatoms. The van der Waals surface area contributed by atoms with E-state index in [4.69, 9.17) is 5.11 Å². The highest BCUT2D eigenvalue weighted by Crippen LogP contribution is 2.22. The Morgan fingerprint density at radius 3 is 3.10 bits per heavy atom. The third-order valence-corrected chi connectivity index (χ3v) is 1.76. The van der Waals surface area contributed by atoms with Crippen LogP contribution in [0.3, 0.4) is 0 Å². The van der Waals surface area contributed by atoms with Gasteiger partial charge in [0.1, 0.15) is 5.75 Å². The van der Waals surface area contributed by atoms with Crippen molar-refractivity contribution in [1.29, 1.82) is 0 Å². The van der Waals surface area contributed by atoms with Crippen LogP contribution in [0.25, 0.3) is 6.08 Å². The molecule has 1 N–H and O–H groups in total. The predicted molar refractivity (Wildman–Crippen MR) is 40.8 cm³/mol. The lowest BCUT2D eigenvalue weighted by molar-refractivity contribution is 0.475. The van der Waals surface area contributed by atoms with Gasteiger partial charge >= 0.3 is 0 Å². The van der Waals surface area contributed by atoms with Crippen molar-refractivity contribution in [1.82, 2.24) is 0 Å². The Morgan fingerprint density at radius 2 is 2.20 bits per heavy atom. The van der Waals surface area contributed by atoms with Crippen LogP contribution in [0.15, 0.2) is 24.3 Å². The second kappa shape index (κ2) is 1.87. The molecule has 10 heavy (non-hydrogen) atoms. The van der Waals surface area contributed by atoms with E-state index in [1.165, 1.54) is 5.56 Å². The van der Waals surface area contributed by atoms with Crippen LogP contribution >= 0.6 is 0 Å². The molecule has 0 saturated carbocycles. The van der Waals surface area contributed by atoms with Crippen LogP contribution in [0.1, 0.15) is 11.1 Å². The van der Waals surface area contributed by atoms with E-state index in [0.29, 0.717) is 5.75 Å². The van der Waals surface area contributed by atoms with Crippen molar-refractivity contribution in [3.63, 3.8) is 0 Å². The SMILES string of the molecule is Oc1ccc2c(c1)C=CC2. The van der Waals surface area contributed by atoms with Gasteiger partial charge in [-0.25, -0.2) is 0 Å². The van der Waals surface area contributed by atoms with Crippen molar-refractivity contribution in [3.05, 3.63) is 35.4 Å². The van der Waals surface area contributed by atoms with Gasteiger partial charge in [-0.15, -0.1) is 0 Å². The summed E-state index contributed by atoms with van der Waals surface area (Å²) in [5.41, 5.74) is 2.46. The van der Waals surface area contributed by atoms with Crippen molar-refractivity contribution >= 4 is 6.08 Å². The molecule has 1 aliphatic carbocycles. The molecule has 0 aromatic heterocycles. The highest BCUT2D eigenvalue weighted by atomic mass is 16.3. The van der Waals surface area contributed by atoms with E-state index in [2.05, 4.69) is 6.08 Å². The summed E-state index contributed by atoms with van der Waals surface area (Å²) in [6.45, 7) is 0. The van der Waals surface area contributed by atoms with Crippen LogP contribution in [0.5, 0.6) is 5.75 Å². The molecule has 0 heterocycles. The third kappa shape index (κ3) is 0.711. The second-order valence-electron chi connectivity index (χ2n) is 2.49. The zero-order valence-corrected chi connectivity index (χ0v) is 5.54. The minimum absolute atomic E-state index is 0.352. The molecular formula is C9H8O. The van der Waals surface area contributed by atoms with Gasteiger partial charge in [0, 0.05) is 0 Å². The summed E-state index contributed by atoms with van der Waals surface area (Å²) in [5, 5.41) is 9.06. The number of phenolic OH excluding ortho intramolecular Hbond substituents is 1. The molecule has 0 fully saturated rings. The van der Waals surface area contributed by atoms with Crippen LogP contribution < -0.4 is 0 Å². The van der Waals surface area contributed by atoms with Gasteiger partial charge in [0.05, 0.1) is 0 Å². The summed E-state index contributed by atoms with van der Waals surface area (Å²) < 4.78 is 0. The Bertz CT molecular complexity index is 287. The quantitative estimate of drug-likeness (QED) is 0.572. The van der Waals surface area contributed by atoms with E-state index in [1.807, 2.05) is 12.1 Å². The Hall–Kier alpha value is -1.24. The van der Waals surface area contributed by atoms with Crippen molar-refractivity contribution < 1.29 is 5.11 Å². The third-order valence-electron chi connectivity index (χ3n) is 1.76. The fraction of sp³-hybridized carbons (Fsp3) is 0.111. The standard InChI is InChI=1S/C9H8O/c10-9-5-4-7-2-1-3-8(7)6-9/h1,3-6,10H,2H2. The normalized spacial score (nSPS) is 13.6. The van der Waals surface area contributed by atoms with Gasteiger partial charge in [0.2, 0.25) is 0 Å². The summed E-state index contributed by atoms with van der Waals surface area (Å²) in [5.74, 6) is 0.352. The summed E-state index contributed by atoms with van der Waals surface area (Å²) in [6.07, 6.45) is 5.15. The number of benzene rings is 1. The summed E-state index contributed by atoms with van der Waals surface area (Å²) in [7, 11) is 0. The number of phenols is 1. The highest BCUT2D eigenvalue weighted by molar-refractivity contribution is 5.61. The van der Waals surface area contributed by atoms with Crippen LogP contribution in [0, 0.1) is 0 Å². The first-order valence-corrected chi connectivity index (χ1v) is 3.35. The van der Waals surface area contributed by atoms with E-state index in [-0.39, 0.29) is 0 Å². The molecule has 0 unspecified atom stereocenters. The Morgan fingerprint density at radius 1 is 1.30 bits per heavy atom. The van der Waals surface area contributed by atoms with Gasteiger partial charge < -0.3 is 5.11 Å². The average molecular weight is 132 g/mol. The van der Waals surface area contributed by atoms with Gasteiger partial charge in [0.25, 0.3) is 0 Å². The first-order chi connectivity index (χ1) is 4.86. The Labute approximate surface area is 59.6 Å². The number of hydrogen-bond acceptors (Lipinski definition) is 1. The fourth-order valence-electron chi connectivity index (χ4n) is 1.24. The molecule has 0 amide bonds. The minimum atomic E-state index is 0.352. The Balaban J connectivity index is 2.60. The number of rotatable bonds is 0. The minimum Gasteiger partial charge on any atom is -0.508 e. The molecule has 2 rings (SSSR count). The van der Waals surface area contributed by atoms with Crippen molar-refractivity contribution in [2.75, 3.05) is 0 Å². The van der Waals surface area contributed by atoms with Crippen LogP contribution in [0.2, 0.25) is 0 Å². The lowest BCUT2D eigenvalue weighted by atomic mass is 10.1. The molecule has 0 bridgehead atoms. The van der Waals surface area contributed by atoms with Gasteiger partial charge in [-0.2, -0.15) is 0 Å². The van der Waals surface area contributed by atoms with Crippen molar-refractivity contribution in [3.8, 4) is 5.75 Å². The predicted octanol–water partition coefficient (Wildman–Crippen LogP) is 1.96. The maximum absolute atomic E-state index is 9.06. The molecule has 0 atom stereocenters. The summed E-state index contributed by atoms with van der Waals surface area (Å²) >= 11 is 0. The molecular weight excluding hydrogens is 124 g/mol. The Kier molecular flexibility index (Phi) is 1.04. The second-order valence-corrected chi connectivity index (χ2v) is 2.49. The van der Waals surface area contributed by atoms with E-state index in [1.54, 1.807) is 12.1 Å². The van der Waals surface area contributed by atoms with Gasteiger partial charge in [-0.05, 0) is 29.7 Å². The molecule has 1 aliphatic rings. The first-order valence-electron chi connectivity index (χ1n) is 3.35. The van der Waals surface area contributed by atoms with Crippen molar-refractivity contribution in [2.24, 2.45) is 0 Å². The first kappa shape index (κ1) is 5.54. The number of allylic oxidation sites excluding steroid dienone is 1. The number of fused-ring (bicyclic) bond motifs is 1. The zero-order chi connectivity index (χ0) is 6.97. The van der Waals surface area contributed by atoms with E-state index in [9.17, 15) is 0 Å². The van der Waals surface area contributed by atoms with Crippen LogP contribution in [-0.4, -0.2) is 5.11 Å². The van der Waals surface area contributed by atoms with E-state index in [0.717, 1.165) is 12.0 Å². The van der Waals surface area contributed by atoms with Gasteiger partial charge in [-0.3, -0.25) is 0 Å². The average Bonchev–Trinajstić information content (AvgIpc) is 2.33. The maximum atomic E-state index is 9.06. The maximum Gasteiger partial charge on any atom is 0.116 e. The van der Waals surface area contributed by atoms with Crippen molar-refractivity contribution in [2.45, 2.75) is 6.42 Å². The van der Waals surface area contributed by atoms with Crippen LogP contribution in [0.4, 0.5) is 0 Å². The van der Waals surface area contributed by atoms with E-state index < -0.39 is 0 Å².